The van der Waals surface area contributed by atoms with Gasteiger partial charge in [0.1, 0.15) is 0 Å². The summed E-state index contributed by atoms with van der Waals surface area (Å²) in [4.78, 5) is 17.7. The first-order valence-corrected chi connectivity index (χ1v) is 11.9. The van der Waals surface area contributed by atoms with Crippen molar-refractivity contribution in [2.75, 3.05) is 38.6 Å². The van der Waals surface area contributed by atoms with Gasteiger partial charge in [0.15, 0.2) is 0 Å². The van der Waals surface area contributed by atoms with Crippen LogP contribution in [0.1, 0.15) is 36.6 Å². The Morgan fingerprint density at radius 1 is 1.17 bits per heavy atom. The molecule has 2 aliphatic rings. The van der Waals surface area contributed by atoms with Crippen molar-refractivity contribution in [2.45, 2.75) is 36.6 Å². The maximum absolute atomic E-state index is 13.3. The van der Waals surface area contributed by atoms with Crippen LogP contribution in [0.2, 0.25) is 0 Å². The highest BCUT2D eigenvalue weighted by atomic mass is 32.2. The fraction of sp³-hybridized carbons (Fsp3) is 0.500. The summed E-state index contributed by atoms with van der Waals surface area (Å²) in [5.74, 6) is 0.0836. The van der Waals surface area contributed by atoms with E-state index in [1.165, 1.54) is 24.1 Å². The molecular formula is C22H30N4O3S. The number of aromatic nitrogens is 1. The zero-order chi connectivity index (χ0) is 21.5. The van der Waals surface area contributed by atoms with Crippen LogP contribution < -0.4 is 4.90 Å². The second kappa shape index (κ2) is 8.17. The standard InChI is InChI=1S/C22H30N4O3S/c1-23(2)30(28,29)18-10-11-19-17(15-18)7-4-14-26(19)22(27)16-25-13-6-9-21(25)20-8-5-12-24(20)3/h5,8,10-12,15,21H,4,6-7,9,13-14,16H2,1-3H3/t21-/m1/s1. The lowest BCUT2D eigenvalue weighted by Gasteiger charge is -2.32. The zero-order valence-corrected chi connectivity index (χ0v) is 18.7. The first kappa shape index (κ1) is 21.1. The average Bonchev–Trinajstić information content (AvgIpc) is 3.35. The Morgan fingerprint density at radius 3 is 2.67 bits per heavy atom. The molecule has 1 saturated heterocycles. The number of amides is 1. The van der Waals surface area contributed by atoms with Crippen molar-refractivity contribution in [1.82, 2.24) is 13.8 Å². The number of fused-ring (bicyclic) bond motifs is 1. The maximum Gasteiger partial charge on any atom is 0.242 e. The van der Waals surface area contributed by atoms with Crippen LogP contribution in [-0.4, -0.2) is 61.8 Å². The highest BCUT2D eigenvalue weighted by Crippen LogP contribution is 2.34. The van der Waals surface area contributed by atoms with Crippen molar-refractivity contribution in [3.05, 3.63) is 47.8 Å². The zero-order valence-electron chi connectivity index (χ0n) is 17.9. The second-order valence-corrected chi connectivity index (χ2v) is 10.6. The predicted molar refractivity (Wildman–Crippen MR) is 117 cm³/mol. The number of hydrogen-bond donors (Lipinski definition) is 0. The van der Waals surface area contributed by atoms with Gasteiger partial charge in [-0.05, 0) is 68.1 Å². The molecule has 7 nitrogen and oxygen atoms in total. The van der Waals surface area contributed by atoms with Crippen LogP contribution in [0.4, 0.5) is 5.69 Å². The van der Waals surface area contributed by atoms with Gasteiger partial charge in [0.25, 0.3) is 0 Å². The first-order valence-electron chi connectivity index (χ1n) is 10.5. The van der Waals surface area contributed by atoms with Gasteiger partial charge in [-0.1, -0.05) is 0 Å². The van der Waals surface area contributed by atoms with Crippen LogP contribution in [0.3, 0.4) is 0 Å². The average molecular weight is 431 g/mol. The van der Waals surface area contributed by atoms with Gasteiger partial charge >= 0.3 is 0 Å². The molecule has 0 unspecified atom stereocenters. The van der Waals surface area contributed by atoms with E-state index in [2.05, 4.69) is 15.5 Å². The van der Waals surface area contributed by atoms with Crippen LogP contribution in [0, 0.1) is 0 Å². The van der Waals surface area contributed by atoms with Crippen molar-refractivity contribution < 1.29 is 13.2 Å². The topological polar surface area (TPSA) is 65.9 Å². The summed E-state index contributed by atoms with van der Waals surface area (Å²) < 4.78 is 28.3. The Morgan fingerprint density at radius 2 is 1.97 bits per heavy atom. The van der Waals surface area contributed by atoms with E-state index in [0.29, 0.717) is 13.1 Å². The van der Waals surface area contributed by atoms with Crippen LogP contribution in [0.15, 0.2) is 41.4 Å². The summed E-state index contributed by atoms with van der Waals surface area (Å²) in [6.45, 7) is 1.98. The fourth-order valence-electron chi connectivity index (χ4n) is 4.63. The smallest absolute Gasteiger partial charge is 0.242 e. The number of anilines is 1. The second-order valence-electron chi connectivity index (χ2n) is 8.40. The number of nitrogens with zero attached hydrogens (tertiary/aromatic N) is 4. The van der Waals surface area contributed by atoms with Gasteiger partial charge in [-0.15, -0.1) is 0 Å². The lowest BCUT2D eigenvalue weighted by atomic mass is 10.0. The molecule has 162 valence electrons. The predicted octanol–water partition coefficient (Wildman–Crippen LogP) is 2.39. The molecule has 1 fully saturated rings. The van der Waals surface area contributed by atoms with Crippen molar-refractivity contribution in [3.8, 4) is 0 Å². The molecule has 0 N–H and O–H groups in total. The van der Waals surface area contributed by atoms with Crippen molar-refractivity contribution in [2.24, 2.45) is 7.05 Å². The SMILES string of the molecule is CN(C)S(=O)(=O)c1ccc2c(c1)CCCN2C(=O)CN1CCC[C@@H]1c1cccn1C. The quantitative estimate of drug-likeness (QED) is 0.731. The molecule has 2 aromatic rings. The summed E-state index contributed by atoms with van der Waals surface area (Å²) in [7, 11) is 1.63. The molecule has 30 heavy (non-hydrogen) atoms. The number of sulfonamides is 1. The van der Waals surface area contributed by atoms with Crippen molar-refractivity contribution >= 4 is 21.6 Å². The summed E-state index contributed by atoms with van der Waals surface area (Å²) in [5, 5.41) is 0. The minimum Gasteiger partial charge on any atom is -0.353 e. The highest BCUT2D eigenvalue weighted by molar-refractivity contribution is 7.89. The number of carbonyl (C=O) groups excluding carboxylic acids is 1. The van der Waals surface area contributed by atoms with Gasteiger partial charge in [-0.3, -0.25) is 9.69 Å². The molecule has 3 heterocycles. The fourth-order valence-corrected chi connectivity index (χ4v) is 5.59. The van der Waals surface area contributed by atoms with Crippen LogP contribution in [-0.2, 0) is 28.3 Å². The Labute approximate surface area is 178 Å². The molecule has 0 saturated carbocycles. The van der Waals surface area contributed by atoms with Gasteiger partial charge in [0.2, 0.25) is 15.9 Å². The van der Waals surface area contributed by atoms with E-state index in [1.807, 2.05) is 24.2 Å². The number of carbonyl (C=O) groups is 1. The summed E-state index contributed by atoms with van der Waals surface area (Å²) in [6, 6.07) is 9.59. The van der Waals surface area contributed by atoms with Gasteiger partial charge in [0, 0.05) is 45.3 Å². The molecule has 2 aliphatic heterocycles. The minimum absolute atomic E-state index is 0.0836. The Kier molecular flexibility index (Phi) is 5.74. The van der Waals surface area contributed by atoms with E-state index >= 15 is 0 Å². The summed E-state index contributed by atoms with van der Waals surface area (Å²) >= 11 is 0. The Hall–Kier alpha value is -2.16. The molecule has 0 bridgehead atoms. The van der Waals surface area contributed by atoms with Gasteiger partial charge < -0.3 is 9.47 Å². The summed E-state index contributed by atoms with van der Waals surface area (Å²) in [6.07, 6.45) is 5.82. The highest BCUT2D eigenvalue weighted by Gasteiger charge is 2.32. The number of rotatable bonds is 5. The minimum atomic E-state index is -3.48. The third kappa shape index (κ3) is 3.79. The maximum atomic E-state index is 13.3. The van der Waals surface area contributed by atoms with Crippen molar-refractivity contribution in [3.63, 3.8) is 0 Å². The van der Waals surface area contributed by atoms with E-state index in [4.69, 9.17) is 0 Å². The number of benzene rings is 1. The lowest BCUT2D eigenvalue weighted by molar-refractivity contribution is -0.120. The third-order valence-corrected chi connectivity index (χ3v) is 8.09. The van der Waals surface area contributed by atoms with E-state index in [1.54, 1.807) is 18.2 Å². The number of aryl methyl sites for hydroxylation is 2. The molecule has 0 radical (unpaired) electrons. The molecule has 0 spiro atoms. The summed E-state index contributed by atoms with van der Waals surface area (Å²) in [5.41, 5.74) is 3.02. The Bertz CT molecular complexity index is 1040. The van der Waals surface area contributed by atoms with Gasteiger partial charge in [-0.2, -0.15) is 0 Å². The Balaban J connectivity index is 1.54. The molecule has 1 aromatic heterocycles. The molecule has 1 atom stereocenters. The van der Waals surface area contributed by atoms with E-state index in [-0.39, 0.29) is 16.8 Å². The van der Waals surface area contributed by atoms with Gasteiger partial charge in [0.05, 0.1) is 17.5 Å². The first-order chi connectivity index (χ1) is 14.3. The third-order valence-electron chi connectivity index (χ3n) is 6.28. The lowest BCUT2D eigenvalue weighted by Crippen LogP contribution is -2.42. The normalized spacial score (nSPS) is 20.0. The van der Waals surface area contributed by atoms with E-state index < -0.39 is 10.0 Å². The molecule has 1 amide bonds. The van der Waals surface area contributed by atoms with Crippen LogP contribution in [0.25, 0.3) is 0 Å². The molecule has 0 aliphatic carbocycles. The molecule has 4 rings (SSSR count). The molecular weight excluding hydrogens is 400 g/mol. The van der Waals surface area contributed by atoms with Crippen LogP contribution in [0.5, 0.6) is 0 Å². The molecule has 8 heteroatoms. The van der Waals surface area contributed by atoms with Crippen molar-refractivity contribution in [1.29, 1.82) is 0 Å². The number of likely N-dealkylation sites (tertiary alicyclic amines) is 1. The van der Waals surface area contributed by atoms with Crippen LogP contribution >= 0.6 is 0 Å². The monoisotopic (exact) mass is 430 g/mol. The van der Waals surface area contributed by atoms with E-state index in [9.17, 15) is 13.2 Å². The number of hydrogen-bond acceptors (Lipinski definition) is 4. The molecule has 1 aromatic carbocycles. The van der Waals surface area contributed by atoms with Gasteiger partial charge in [-0.25, -0.2) is 12.7 Å². The van der Waals surface area contributed by atoms with E-state index in [0.717, 1.165) is 43.5 Å². The largest absolute Gasteiger partial charge is 0.353 e.